The van der Waals surface area contributed by atoms with Crippen LogP contribution in [0.3, 0.4) is 0 Å². The number of aliphatic hydroxyl groups is 2. The monoisotopic (exact) mass is 212 g/mol. The lowest BCUT2D eigenvalue weighted by Gasteiger charge is -2.40. The molecule has 2 rings (SSSR count). The topological polar surface area (TPSA) is 95.3 Å². The van der Waals surface area contributed by atoms with E-state index in [1.54, 1.807) is 0 Å². The molecule has 1 aliphatic carbocycles. The molecule has 6 nitrogen and oxygen atoms in total. The van der Waals surface area contributed by atoms with Crippen LogP contribution < -0.4 is 11.2 Å². The zero-order valence-corrected chi connectivity index (χ0v) is 7.96. The van der Waals surface area contributed by atoms with E-state index in [1.807, 2.05) is 0 Å². The number of aromatic amines is 1. The molecule has 6 heteroatoms. The number of H-pyrrole nitrogens is 1. The standard InChI is InChI=1S/C9H12N2O4/c12-4-5-3-6(8(5)14)11-2-1-7(13)10-9(11)15/h1-2,5-6,8,12,14H,3-4H2,(H,10,13,15). The van der Waals surface area contributed by atoms with Gasteiger partial charge in [-0.25, -0.2) is 4.79 Å². The minimum Gasteiger partial charge on any atom is -0.396 e. The molecule has 0 aromatic carbocycles. The van der Waals surface area contributed by atoms with Crippen molar-refractivity contribution in [1.82, 2.24) is 9.55 Å². The molecule has 15 heavy (non-hydrogen) atoms. The maximum atomic E-state index is 11.3. The van der Waals surface area contributed by atoms with Gasteiger partial charge in [0.25, 0.3) is 5.56 Å². The first kappa shape index (κ1) is 10.1. The smallest absolute Gasteiger partial charge is 0.328 e. The zero-order valence-electron chi connectivity index (χ0n) is 7.96. The van der Waals surface area contributed by atoms with Crippen molar-refractivity contribution in [2.45, 2.75) is 18.6 Å². The van der Waals surface area contributed by atoms with Gasteiger partial charge in [-0.3, -0.25) is 14.3 Å². The lowest BCUT2D eigenvalue weighted by atomic mass is 9.77. The quantitative estimate of drug-likeness (QED) is 0.553. The third-order valence-electron chi connectivity index (χ3n) is 2.86. The summed E-state index contributed by atoms with van der Waals surface area (Å²) < 4.78 is 1.29. The van der Waals surface area contributed by atoms with Gasteiger partial charge in [0.2, 0.25) is 0 Å². The van der Waals surface area contributed by atoms with Gasteiger partial charge in [-0.15, -0.1) is 0 Å². The maximum absolute atomic E-state index is 11.3. The third-order valence-corrected chi connectivity index (χ3v) is 2.86. The largest absolute Gasteiger partial charge is 0.396 e. The molecule has 82 valence electrons. The number of nitrogens with zero attached hydrogens (tertiary/aromatic N) is 1. The Morgan fingerprint density at radius 3 is 2.80 bits per heavy atom. The van der Waals surface area contributed by atoms with Crippen LogP contribution in [0, 0.1) is 5.92 Å². The normalized spacial score (nSPS) is 29.9. The number of rotatable bonds is 2. The first-order valence-corrected chi connectivity index (χ1v) is 4.74. The van der Waals surface area contributed by atoms with Crippen molar-refractivity contribution in [3.8, 4) is 0 Å². The van der Waals surface area contributed by atoms with Gasteiger partial charge in [-0.2, -0.15) is 0 Å². The summed E-state index contributed by atoms with van der Waals surface area (Å²) in [6.07, 6.45) is 1.19. The molecular weight excluding hydrogens is 200 g/mol. The number of aliphatic hydroxyl groups excluding tert-OH is 2. The first-order valence-electron chi connectivity index (χ1n) is 4.74. The van der Waals surface area contributed by atoms with Crippen molar-refractivity contribution in [3.05, 3.63) is 33.1 Å². The van der Waals surface area contributed by atoms with Gasteiger partial charge < -0.3 is 10.2 Å². The van der Waals surface area contributed by atoms with Gasteiger partial charge in [-0.1, -0.05) is 0 Å². The highest BCUT2D eigenvalue weighted by atomic mass is 16.3. The lowest BCUT2D eigenvalue weighted by molar-refractivity contribution is -0.0579. The minimum atomic E-state index is -0.724. The summed E-state index contributed by atoms with van der Waals surface area (Å²) in [5, 5.41) is 18.4. The van der Waals surface area contributed by atoms with Crippen LogP contribution in [-0.4, -0.2) is 32.5 Å². The fraction of sp³-hybridized carbons (Fsp3) is 0.556. The van der Waals surface area contributed by atoms with Crippen molar-refractivity contribution in [1.29, 1.82) is 0 Å². The Labute approximate surface area is 84.8 Å². The molecule has 0 saturated heterocycles. The molecule has 3 unspecified atom stereocenters. The SMILES string of the molecule is O=c1ccn(C2CC(CO)C2O)c(=O)[nH]1. The van der Waals surface area contributed by atoms with Crippen molar-refractivity contribution >= 4 is 0 Å². The molecule has 0 bridgehead atoms. The van der Waals surface area contributed by atoms with Gasteiger partial charge in [0.05, 0.1) is 12.1 Å². The molecule has 1 fully saturated rings. The van der Waals surface area contributed by atoms with Crippen LogP contribution in [0.4, 0.5) is 0 Å². The average molecular weight is 212 g/mol. The van der Waals surface area contributed by atoms with Crippen LogP contribution in [0.25, 0.3) is 0 Å². The third kappa shape index (κ3) is 1.62. The second-order valence-corrected chi connectivity index (χ2v) is 3.75. The molecule has 3 N–H and O–H groups in total. The van der Waals surface area contributed by atoms with Crippen LogP contribution in [0.15, 0.2) is 21.9 Å². The highest BCUT2D eigenvalue weighted by molar-refractivity contribution is 4.96. The fourth-order valence-corrected chi connectivity index (χ4v) is 1.86. The molecule has 0 amide bonds. The number of aromatic nitrogens is 2. The Morgan fingerprint density at radius 2 is 2.27 bits per heavy atom. The zero-order chi connectivity index (χ0) is 11.0. The van der Waals surface area contributed by atoms with Crippen molar-refractivity contribution in [3.63, 3.8) is 0 Å². The second-order valence-electron chi connectivity index (χ2n) is 3.75. The predicted octanol–water partition coefficient (Wildman–Crippen LogP) is -1.55. The van der Waals surface area contributed by atoms with Gasteiger partial charge >= 0.3 is 5.69 Å². The maximum Gasteiger partial charge on any atom is 0.328 e. The van der Waals surface area contributed by atoms with Crippen LogP contribution in [-0.2, 0) is 0 Å². The van der Waals surface area contributed by atoms with Crippen LogP contribution in [0.2, 0.25) is 0 Å². The van der Waals surface area contributed by atoms with Crippen molar-refractivity contribution < 1.29 is 10.2 Å². The molecule has 0 spiro atoms. The van der Waals surface area contributed by atoms with Crippen molar-refractivity contribution in [2.75, 3.05) is 6.61 Å². The fourth-order valence-electron chi connectivity index (χ4n) is 1.86. The van der Waals surface area contributed by atoms with Crippen LogP contribution in [0.5, 0.6) is 0 Å². The summed E-state index contributed by atoms with van der Waals surface area (Å²) in [5.41, 5.74) is -0.980. The summed E-state index contributed by atoms with van der Waals surface area (Å²) in [7, 11) is 0. The molecule has 1 aromatic heterocycles. The summed E-state index contributed by atoms with van der Waals surface area (Å²) in [4.78, 5) is 24.3. The van der Waals surface area contributed by atoms with E-state index in [1.165, 1.54) is 16.8 Å². The van der Waals surface area contributed by atoms with E-state index in [0.29, 0.717) is 6.42 Å². The Kier molecular flexibility index (Phi) is 2.45. The second kappa shape index (κ2) is 3.63. The Balaban J connectivity index is 2.26. The molecule has 1 aromatic rings. The van der Waals surface area contributed by atoms with E-state index in [4.69, 9.17) is 5.11 Å². The Bertz CT molecular complexity index is 464. The van der Waals surface area contributed by atoms with Crippen molar-refractivity contribution in [2.24, 2.45) is 5.92 Å². The van der Waals surface area contributed by atoms with E-state index in [2.05, 4.69) is 4.98 Å². The van der Waals surface area contributed by atoms with E-state index < -0.39 is 17.4 Å². The molecule has 1 heterocycles. The summed E-state index contributed by atoms with van der Waals surface area (Å²) in [6, 6.07) is 0.895. The number of nitrogens with one attached hydrogen (secondary N) is 1. The first-order chi connectivity index (χ1) is 7.13. The van der Waals surface area contributed by atoms with Gasteiger partial charge in [0, 0.05) is 24.8 Å². The number of hydrogen-bond acceptors (Lipinski definition) is 4. The Morgan fingerprint density at radius 1 is 1.53 bits per heavy atom. The van der Waals surface area contributed by atoms with E-state index in [9.17, 15) is 14.7 Å². The lowest BCUT2D eigenvalue weighted by Crippen LogP contribution is -2.49. The summed E-state index contributed by atoms with van der Waals surface area (Å²) in [6.45, 7) is -0.0875. The molecule has 1 aliphatic rings. The number of hydrogen-bond donors (Lipinski definition) is 3. The molecule has 0 radical (unpaired) electrons. The van der Waals surface area contributed by atoms with E-state index in [0.717, 1.165) is 0 Å². The van der Waals surface area contributed by atoms with Gasteiger partial charge in [0.1, 0.15) is 0 Å². The average Bonchev–Trinajstić information content (AvgIpc) is 2.20. The summed E-state index contributed by atoms with van der Waals surface area (Å²) in [5.74, 6) is -0.172. The Hall–Kier alpha value is -1.40. The van der Waals surface area contributed by atoms with E-state index in [-0.39, 0.29) is 18.6 Å². The molecular formula is C9H12N2O4. The van der Waals surface area contributed by atoms with E-state index >= 15 is 0 Å². The van der Waals surface area contributed by atoms with Crippen LogP contribution in [0.1, 0.15) is 12.5 Å². The molecule has 0 aliphatic heterocycles. The summed E-state index contributed by atoms with van der Waals surface area (Å²) >= 11 is 0. The molecule has 1 saturated carbocycles. The van der Waals surface area contributed by atoms with Gasteiger partial charge in [-0.05, 0) is 6.42 Å². The predicted molar refractivity (Wildman–Crippen MR) is 51.6 cm³/mol. The molecule has 3 atom stereocenters. The van der Waals surface area contributed by atoms with Crippen LogP contribution >= 0.6 is 0 Å². The van der Waals surface area contributed by atoms with Gasteiger partial charge in [0.15, 0.2) is 0 Å². The minimum absolute atomic E-state index is 0.0875. The highest BCUT2D eigenvalue weighted by Gasteiger charge is 2.40. The highest BCUT2D eigenvalue weighted by Crippen LogP contribution is 2.36.